The highest BCUT2D eigenvalue weighted by molar-refractivity contribution is 5.96. The molecule has 39 heavy (non-hydrogen) atoms. The van der Waals surface area contributed by atoms with Crippen molar-refractivity contribution in [1.82, 2.24) is 0 Å². The fourth-order valence-electron chi connectivity index (χ4n) is 11.3. The van der Waals surface area contributed by atoms with E-state index in [1.807, 2.05) is 6.08 Å². The Balaban J connectivity index is 1.47. The van der Waals surface area contributed by atoms with Crippen LogP contribution < -0.4 is 0 Å². The molecular weight excluding hydrogens is 490 g/mol. The van der Waals surface area contributed by atoms with E-state index in [1.165, 1.54) is 18.9 Å². The molecule has 0 aromatic carbocycles. The molecule has 0 amide bonds. The van der Waals surface area contributed by atoms with E-state index < -0.39 is 16.6 Å². The molecule has 0 bridgehead atoms. The van der Waals surface area contributed by atoms with Crippen LogP contribution in [0.5, 0.6) is 0 Å². The maximum atomic E-state index is 14.5. The standard InChI is InChI=1S/C33H48NO5/c1-27(2)10-13-32(26(36)37-7)14-12-30(5)25(21(32)19-27)22(35)18-24-28(3)11-15-33(38-16-17-39-33)31(6,20-34)23(28)8-9-29(24,30)4/h18,20-21,23,25H,8-17,19H2,1-7H3/q-1/t21-,23?,25-,28-,29+,30+,31-,32-/m0/s1. The van der Waals surface area contributed by atoms with Gasteiger partial charge in [-0.15, -0.1) is 0 Å². The van der Waals surface area contributed by atoms with Crippen molar-refractivity contribution in [2.75, 3.05) is 20.3 Å². The van der Waals surface area contributed by atoms with E-state index in [9.17, 15) is 15.0 Å². The van der Waals surface area contributed by atoms with Gasteiger partial charge in [0, 0.05) is 17.8 Å². The summed E-state index contributed by atoms with van der Waals surface area (Å²) < 4.78 is 17.9. The van der Waals surface area contributed by atoms with Crippen LogP contribution in [0.4, 0.5) is 0 Å². The van der Waals surface area contributed by atoms with Gasteiger partial charge >= 0.3 is 5.97 Å². The van der Waals surface area contributed by atoms with Crippen molar-refractivity contribution >= 4 is 18.0 Å². The third-order valence-corrected chi connectivity index (χ3v) is 13.8. The van der Waals surface area contributed by atoms with Crippen LogP contribution in [0.25, 0.3) is 5.41 Å². The van der Waals surface area contributed by atoms with Gasteiger partial charge in [-0.05, 0) is 90.9 Å². The van der Waals surface area contributed by atoms with E-state index in [-0.39, 0.29) is 51.2 Å². The number of nitrogens with zero attached hydrogens (tertiary/aromatic N) is 1. The highest BCUT2D eigenvalue weighted by Crippen LogP contribution is 2.76. The molecule has 6 heteroatoms. The number of carbonyl (C=O) groups is 2. The van der Waals surface area contributed by atoms with Gasteiger partial charge < -0.3 is 19.6 Å². The van der Waals surface area contributed by atoms with Crippen molar-refractivity contribution in [3.8, 4) is 0 Å². The van der Waals surface area contributed by atoms with Gasteiger partial charge in [0.25, 0.3) is 0 Å². The predicted molar refractivity (Wildman–Crippen MR) is 150 cm³/mol. The SMILES string of the molecule is COC(=O)[C@]12CCC(C)(C)C[C@H]1[C@H]1C(=O)C=C3[C@@]4(C)CCC5(OCCO5)[C@@](C)(C=[N-])C4CC[C@@]3(C)[C@]1(C)CC2. The summed E-state index contributed by atoms with van der Waals surface area (Å²) in [5, 5.41) is 10.7. The molecule has 1 spiro atoms. The van der Waals surface area contributed by atoms with E-state index in [2.05, 4.69) is 41.5 Å². The molecule has 0 aromatic heterocycles. The van der Waals surface area contributed by atoms with Crippen molar-refractivity contribution in [2.24, 2.45) is 50.2 Å². The molecule has 1 heterocycles. The average molecular weight is 539 g/mol. The first-order valence-electron chi connectivity index (χ1n) is 15.3. The van der Waals surface area contributed by atoms with Crippen molar-refractivity contribution in [2.45, 2.75) is 105 Å². The maximum Gasteiger partial charge on any atom is 0.312 e. The molecule has 0 radical (unpaired) electrons. The summed E-state index contributed by atoms with van der Waals surface area (Å²) in [7, 11) is 1.51. The number of fused-ring (bicyclic) bond motifs is 7. The van der Waals surface area contributed by atoms with E-state index in [0.29, 0.717) is 19.6 Å². The van der Waals surface area contributed by atoms with E-state index in [0.717, 1.165) is 51.4 Å². The van der Waals surface area contributed by atoms with Gasteiger partial charge in [-0.1, -0.05) is 47.1 Å². The Bertz CT molecular complexity index is 1140. The lowest BCUT2D eigenvalue weighted by molar-refractivity contribution is -0.268. The Hall–Kier alpha value is -1.53. The van der Waals surface area contributed by atoms with Crippen molar-refractivity contribution in [3.05, 3.63) is 17.1 Å². The fraction of sp³-hybridized carbons (Fsp3) is 0.848. The number of allylic oxidation sites excluding steroid dienone is 2. The summed E-state index contributed by atoms with van der Waals surface area (Å²) in [5.41, 5.74) is -0.547. The molecule has 216 valence electrons. The molecular formula is C33H48NO5-. The second kappa shape index (κ2) is 8.27. The van der Waals surface area contributed by atoms with Crippen molar-refractivity contribution in [1.29, 1.82) is 0 Å². The second-order valence-corrected chi connectivity index (χ2v) is 15.7. The summed E-state index contributed by atoms with van der Waals surface area (Å²) in [6.07, 6.45) is 11.1. The van der Waals surface area contributed by atoms with E-state index in [4.69, 9.17) is 14.2 Å². The van der Waals surface area contributed by atoms with Crippen LogP contribution in [0.15, 0.2) is 11.6 Å². The highest BCUT2D eigenvalue weighted by Gasteiger charge is 2.72. The number of hydrogen-bond donors (Lipinski definition) is 0. The van der Waals surface area contributed by atoms with Crippen LogP contribution in [0.1, 0.15) is 99.3 Å². The van der Waals surface area contributed by atoms with Crippen LogP contribution in [0.2, 0.25) is 0 Å². The molecule has 5 aliphatic carbocycles. The molecule has 5 fully saturated rings. The molecule has 4 saturated carbocycles. The molecule has 8 atom stereocenters. The summed E-state index contributed by atoms with van der Waals surface area (Å²) in [6, 6.07) is 0. The first kappa shape index (κ1) is 27.6. The van der Waals surface area contributed by atoms with Gasteiger partial charge in [0.1, 0.15) is 0 Å². The normalized spacial score (nSPS) is 49.7. The molecule has 0 N–H and O–H groups in total. The largest absolute Gasteiger partial charge is 0.814 e. The number of ketones is 1. The quantitative estimate of drug-likeness (QED) is 0.296. The molecule has 1 saturated heterocycles. The zero-order valence-corrected chi connectivity index (χ0v) is 25.2. The van der Waals surface area contributed by atoms with Crippen molar-refractivity contribution < 1.29 is 23.8 Å². The third-order valence-electron chi connectivity index (χ3n) is 13.8. The van der Waals surface area contributed by atoms with Gasteiger partial charge in [0.15, 0.2) is 11.6 Å². The third kappa shape index (κ3) is 3.19. The molecule has 1 unspecified atom stereocenters. The lowest BCUT2D eigenvalue weighted by Crippen LogP contribution is -2.68. The monoisotopic (exact) mass is 538 g/mol. The first-order chi connectivity index (χ1) is 18.2. The van der Waals surface area contributed by atoms with Gasteiger partial charge in [-0.2, -0.15) is 0 Å². The number of esters is 1. The lowest BCUT2D eigenvalue weighted by Gasteiger charge is -2.71. The highest BCUT2D eigenvalue weighted by atomic mass is 16.7. The van der Waals surface area contributed by atoms with Gasteiger partial charge in [0.2, 0.25) is 0 Å². The Labute approximate surface area is 234 Å². The number of methoxy groups -OCH3 is 1. The zero-order chi connectivity index (χ0) is 28.3. The number of carbonyl (C=O) groups excluding carboxylic acids is 2. The maximum absolute atomic E-state index is 14.5. The minimum Gasteiger partial charge on any atom is -0.814 e. The van der Waals surface area contributed by atoms with E-state index in [1.54, 1.807) is 0 Å². The summed E-state index contributed by atoms with van der Waals surface area (Å²) in [5.74, 6) is -0.815. The van der Waals surface area contributed by atoms with Gasteiger partial charge in [-0.3, -0.25) is 9.59 Å². The second-order valence-electron chi connectivity index (χ2n) is 15.7. The lowest BCUT2D eigenvalue weighted by atomic mass is 9.33. The van der Waals surface area contributed by atoms with Crippen molar-refractivity contribution in [3.63, 3.8) is 0 Å². The first-order valence-corrected chi connectivity index (χ1v) is 15.3. The van der Waals surface area contributed by atoms with Gasteiger partial charge in [-0.25, -0.2) is 6.21 Å². The van der Waals surface area contributed by atoms with Crippen LogP contribution >= 0.6 is 0 Å². The molecule has 6 nitrogen and oxygen atoms in total. The smallest absolute Gasteiger partial charge is 0.312 e. The van der Waals surface area contributed by atoms with Crippen LogP contribution in [0.3, 0.4) is 0 Å². The number of rotatable bonds is 2. The molecule has 1 aliphatic heterocycles. The van der Waals surface area contributed by atoms with Crippen LogP contribution in [-0.4, -0.2) is 44.1 Å². The molecule has 6 aliphatic rings. The van der Waals surface area contributed by atoms with Gasteiger partial charge in [0.05, 0.1) is 25.7 Å². The Morgan fingerprint density at radius 2 is 1.64 bits per heavy atom. The fourth-order valence-corrected chi connectivity index (χ4v) is 11.3. The van der Waals surface area contributed by atoms with E-state index >= 15 is 0 Å². The molecule has 6 rings (SSSR count). The van der Waals surface area contributed by atoms with Crippen LogP contribution in [0, 0.1) is 50.2 Å². The Kier molecular flexibility index (Phi) is 5.86. The van der Waals surface area contributed by atoms with Crippen LogP contribution in [-0.2, 0) is 23.8 Å². The summed E-state index contributed by atoms with van der Waals surface area (Å²) >= 11 is 0. The number of ether oxygens (including phenoxy) is 3. The summed E-state index contributed by atoms with van der Waals surface area (Å²) in [4.78, 5) is 28.0. The average Bonchev–Trinajstić information content (AvgIpc) is 3.38. The number of hydrogen-bond acceptors (Lipinski definition) is 5. The summed E-state index contributed by atoms with van der Waals surface area (Å²) in [6.45, 7) is 14.9. The minimum atomic E-state index is -0.802. The topological polar surface area (TPSA) is 84.1 Å². The molecule has 0 aromatic rings. The Morgan fingerprint density at radius 1 is 0.974 bits per heavy atom. The Morgan fingerprint density at radius 3 is 2.28 bits per heavy atom. The minimum absolute atomic E-state index is 0.00828. The zero-order valence-electron chi connectivity index (χ0n) is 25.2. The predicted octanol–water partition coefficient (Wildman–Crippen LogP) is 6.50.